The van der Waals surface area contributed by atoms with E-state index in [0.29, 0.717) is 0 Å². The number of hydrogen-bond acceptors (Lipinski definition) is 2. The van der Waals surface area contributed by atoms with Crippen molar-refractivity contribution >= 4 is 0 Å². The zero-order valence-electron chi connectivity index (χ0n) is 13.0. The fourth-order valence-corrected chi connectivity index (χ4v) is 3.88. The van der Waals surface area contributed by atoms with Gasteiger partial charge in [0.1, 0.15) is 5.82 Å². The molecule has 1 fully saturated rings. The summed E-state index contributed by atoms with van der Waals surface area (Å²) in [6.07, 6.45) is 13.4. The molecule has 0 aliphatic heterocycles. The number of imidazole rings is 1. The second-order valence-electron chi connectivity index (χ2n) is 6.55. The van der Waals surface area contributed by atoms with E-state index in [1.54, 1.807) is 0 Å². The zero-order valence-corrected chi connectivity index (χ0v) is 13.0. The number of aryl methyl sites for hydroxylation is 2. The van der Waals surface area contributed by atoms with E-state index in [-0.39, 0.29) is 0 Å². The predicted molar refractivity (Wildman–Crippen MR) is 83.1 cm³/mol. The molecule has 0 aromatic carbocycles. The van der Waals surface area contributed by atoms with Gasteiger partial charge in [0.05, 0.1) is 5.69 Å². The summed E-state index contributed by atoms with van der Waals surface area (Å²) in [5, 5.41) is 3.75. The lowest BCUT2D eigenvalue weighted by molar-refractivity contribution is 0.368. The third-order valence-electron chi connectivity index (χ3n) is 5.02. The van der Waals surface area contributed by atoms with Crippen molar-refractivity contribution in [1.82, 2.24) is 14.9 Å². The van der Waals surface area contributed by atoms with Crippen LogP contribution in [0.2, 0.25) is 0 Å². The summed E-state index contributed by atoms with van der Waals surface area (Å²) in [4.78, 5) is 4.76. The van der Waals surface area contributed by atoms with E-state index in [2.05, 4.69) is 16.8 Å². The van der Waals surface area contributed by atoms with E-state index in [9.17, 15) is 0 Å². The van der Waals surface area contributed by atoms with E-state index >= 15 is 0 Å². The molecule has 1 saturated carbocycles. The highest BCUT2D eigenvalue weighted by molar-refractivity contribution is 5.19. The Labute approximate surface area is 123 Å². The minimum absolute atomic E-state index is 0.793. The second-order valence-corrected chi connectivity index (χ2v) is 6.55. The quantitative estimate of drug-likeness (QED) is 0.835. The first-order valence-electron chi connectivity index (χ1n) is 8.63. The average molecular weight is 275 g/mol. The van der Waals surface area contributed by atoms with Gasteiger partial charge >= 0.3 is 0 Å². The van der Waals surface area contributed by atoms with Crippen LogP contribution in [0, 0.1) is 6.92 Å². The molecule has 1 aromatic heterocycles. The first-order chi connectivity index (χ1) is 9.84. The molecule has 0 bridgehead atoms. The maximum Gasteiger partial charge on any atom is 0.106 e. The standard InChI is InChI=1S/C17H29N3/c1-14-19-16-10-5-6-11-17(16)20(14)13-7-12-18-15-8-3-2-4-9-15/h15,18H,2-13H2,1H3. The Kier molecular flexibility index (Phi) is 4.77. The van der Waals surface area contributed by atoms with Crippen molar-refractivity contribution in [2.24, 2.45) is 0 Å². The molecule has 0 saturated heterocycles. The van der Waals surface area contributed by atoms with Gasteiger partial charge in [-0.1, -0.05) is 19.3 Å². The van der Waals surface area contributed by atoms with Gasteiger partial charge in [0, 0.05) is 18.3 Å². The van der Waals surface area contributed by atoms with Gasteiger partial charge in [0.15, 0.2) is 0 Å². The molecule has 0 amide bonds. The number of fused-ring (bicyclic) bond motifs is 1. The van der Waals surface area contributed by atoms with Crippen molar-refractivity contribution < 1.29 is 0 Å². The number of hydrogen-bond donors (Lipinski definition) is 1. The van der Waals surface area contributed by atoms with E-state index in [4.69, 9.17) is 4.98 Å². The summed E-state index contributed by atoms with van der Waals surface area (Å²) in [5.41, 5.74) is 2.92. The first kappa shape index (κ1) is 14.1. The highest BCUT2D eigenvalue weighted by atomic mass is 15.1. The van der Waals surface area contributed by atoms with Crippen LogP contribution in [0.1, 0.15) is 68.6 Å². The third-order valence-corrected chi connectivity index (χ3v) is 5.02. The Morgan fingerprint density at radius 3 is 2.75 bits per heavy atom. The van der Waals surface area contributed by atoms with Gasteiger partial charge in [0.25, 0.3) is 0 Å². The fourth-order valence-electron chi connectivity index (χ4n) is 3.88. The summed E-state index contributed by atoms with van der Waals surface area (Å²) in [6.45, 7) is 4.48. The Bertz CT molecular complexity index is 430. The van der Waals surface area contributed by atoms with Gasteiger partial charge in [-0.2, -0.15) is 0 Å². The van der Waals surface area contributed by atoms with Crippen LogP contribution in [0.3, 0.4) is 0 Å². The molecule has 0 spiro atoms. The van der Waals surface area contributed by atoms with Gasteiger partial charge in [-0.25, -0.2) is 4.98 Å². The Balaban J connectivity index is 1.47. The molecule has 2 aliphatic carbocycles. The fraction of sp³-hybridized carbons (Fsp3) is 0.824. The van der Waals surface area contributed by atoms with Gasteiger partial charge in [0.2, 0.25) is 0 Å². The molecule has 1 heterocycles. The smallest absolute Gasteiger partial charge is 0.106 e. The van der Waals surface area contributed by atoms with Crippen LogP contribution in [0.5, 0.6) is 0 Å². The number of aromatic nitrogens is 2. The molecule has 0 radical (unpaired) electrons. The van der Waals surface area contributed by atoms with Crippen molar-refractivity contribution in [1.29, 1.82) is 0 Å². The summed E-state index contributed by atoms with van der Waals surface area (Å²) in [6, 6.07) is 0.793. The summed E-state index contributed by atoms with van der Waals surface area (Å²) < 4.78 is 2.48. The van der Waals surface area contributed by atoms with Crippen LogP contribution < -0.4 is 5.32 Å². The summed E-state index contributed by atoms with van der Waals surface area (Å²) in [7, 11) is 0. The van der Waals surface area contributed by atoms with Gasteiger partial charge in [-0.15, -0.1) is 0 Å². The van der Waals surface area contributed by atoms with Gasteiger partial charge < -0.3 is 9.88 Å². The lowest BCUT2D eigenvalue weighted by Crippen LogP contribution is -2.32. The largest absolute Gasteiger partial charge is 0.332 e. The lowest BCUT2D eigenvalue weighted by atomic mass is 9.95. The maximum absolute atomic E-state index is 4.76. The summed E-state index contributed by atoms with van der Waals surface area (Å²) >= 11 is 0. The molecular weight excluding hydrogens is 246 g/mol. The van der Waals surface area contributed by atoms with Crippen LogP contribution >= 0.6 is 0 Å². The molecule has 2 aliphatic rings. The second kappa shape index (κ2) is 6.75. The normalized spacial score (nSPS) is 20.1. The number of nitrogens with one attached hydrogen (secondary N) is 1. The Morgan fingerprint density at radius 2 is 1.90 bits per heavy atom. The highest BCUT2D eigenvalue weighted by Crippen LogP contribution is 2.22. The third kappa shape index (κ3) is 3.25. The van der Waals surface area contributed by atoms with Crippen molar-refractivity contribution in [3.8, 4) is 0 Å². The Hall–Kier alpha value is -0.830. The van der Waals surface area contributed by atoms with Gasteiger partial charge in [-0.05, 0) is 58.4 Å². The summed E-state index contributed by atoms with van der Waals surface area (Å²) in [5.74, 6) is 1.23. The number of nitrogens with zero attached hydrogens (tertiary/aromatic N) is 2. The maximum atomic E-state index is 4.76. The molecule has 20 heavy (non-hydrogen) atoms. The van der Waals surface area contributed by atoms with Crippen LogP contribution in [0.15, 0.2) is 0 Å². The minimum atomic E-state index is 0.793. The molecule has 0 atom stereocenters. The first-order valence-corrected chi connectivity index (χ1v) is 8.63. The van der Waals surface area contributed by atoms with Crippen molar-refractivity contribution in [2.45, 2.75) is 83.7 Å². The van der Waals surface area contributed by atoms with Crippen LogP contribution in [0.4, 0.5) is 0 Å². The van der Waals surface area contributed by atoms with Crippen LogP contribution in [0.25, 0.3) is 0 Å². The van der Waals surface area contributed by atoms with E-state index in [1.807, 2.05) is 0 Å². The SMILES string of the molecule is Cc1nc2c(n1CCCNC1CCCCC1)CCCC2. The van der Waals surface area contributed by atoms with E-state index in [1.165, 1.54) is 81.4 Å². The highest BCUT2D eigenvalue weighted by Gasteiger charge is 2.17. The van der Waals surface area contributed by atoms with Gasteiger partial charge in [-0.3, -0.25) is 0 Å². The van der Waals surface area contributed by atoms with E-state index < -0.39 is 0 Å². The molecule has 1 aromatic rings. The molecule has 3 heteroatoms. The molecule has 0 unspecified atom stereocenters. The topological polar surface area (TPSA) is 29.9 Å². The van der Waals surface area contributed by atoms with E-state index in [0.717, 1.165) is 19.1 Å². The lowest BCUT2D eigenvalue weighted by Gasteiger charge is -2.23. The predicted octanol–water partition coefficient (Wildman–Crippen LogP) is 3.38. The van der Waals surface area contributed by atoms with Crippen LogP contribution in [-0.2, 0) is 19.4 Å². The molecule has 1 N–H and O–H groups in total. The molecular formula is C17H29N3. The Morgan fingerprint density at radius 1 is 1.10 bits per heavy atom. The van der Waals surface area contributed by atoms with Crippen molar-refractivity contribution in [3.05, 3.63) is 17.2 Å². The number of rotatable bonds is 5. The van der Waals surface area contributed by atoms with Crippen LogP contribution in [-0.4, -0.2) is 22.1 Å². The van der Waals surface area contributed by atoms with Crippen molar-refractivity contribution in [2.75, 3.05) is 6.54 Å². The monoisotopic (exact) mass is 275 g/mol. The minimum Gasteiger partial charge on any atom is -0.332 e. The zero-order chi connectivity index (χ0) is 13.8. The average Bonchev–Trinajstić information content (AvgIpc) is 2.80. The molecule has 3 rings (SSSR count). The van der Waals surface area contributed by atoms with Crippen molar-refractivity contribution in [3.63, 3.8) is 0 Å². The molecule has 3 nitrogen and oxygen atoms in total. The molecule has 112 valence electrons.